The van der Waals surface area contributed by atoms with Crippen LogP contribution in [0.4, 0.5) is 0 Å². The minimum absolute atomic E-state index is 0.00318. The first-order valence-corrected chi connectivity index (χ1v) is 17.7. The molecule has 256 valence electrons. The van der Waals surface area contributed by atoms with Gasteiger partial charge in [0.25, 0.3) is 0 Å². The van der Waals surface area contributed by atoms with Crippen LogP contribution in [0.2, 0.25) is 5.02 Å². The molecule has 5 unspecified atom stereocenters. The number of halogens is 1. The normalized spacial score (nSPS) is 38.0. The second-order valence-electron chi connectivity index (χ2n) is 14.9. The number of ether oxygens (including phenoxy) is 4. The van der Waals surface area contributed by atoms with E-state index in [4.69, 9.17) is 35.4 Å². The minimum Gasteiger partial charge on any atom is -0.463 e. The van der Waals surface area contributed by atoms with Gasteiger partial charge in [-0.2, -0.15) is 0 Å². The van der Waals surface area contributed by atoms with Gasteiger partial charge in [0, 0.05) is 24.8 Å². The summed E-state index contributed by atoms with van der Waals surface area (Å²) < 4.78 is 23.2. The van der Waals surface area contributed by atoms with Gasteiger partial charge in [-0.15, -0.1) is 0 Å². The summed E-state index contributed by atoms with van der Waals surface area (Å²) in [6.07, 6.45) is 13.3. The quantitative estimate of drug-likeness (QED) is 0.114. The molecule has 1 heterocycles. The van der Waals surface area contributed by atoms with Crippen LogP contribution >= 0.6 is 11.6 Å². The molecule has 0 bridgehead atoms. The van der Waals surface area contributed by atoms with Crippen LogP contribution in [0.1, 0.15) is 91.5 Å². The average Bonchev–Trinajstić information content (AvgIpc) is 3.38. The van der Waals surface area contributed by atoms with E-state index in [0.29, 0.717) is 35.3 Å². The molecular weight excluding hydrogens is 618 g/mol. The Balaban J connectivity index is 1.08. The molecule has 0 N–H and O–H groups in total. The Morgan fingerprint density at radius 1 is 1.02 bits per heavy atom. The van der Waals surface area contributed by atoms with Crippen LogP contribution in [0, 0.1) is 34.5 Å². The molecule has 8 nitrogen and oxygen atoms in total. The predicted molar refractivity (Wildman–Crippen MR) is 179 cm³/mol. The van der Waals surface area contributed by atoms with E-state index in [1.807, 2.05) is 30.3 Å². The van der Waals surface area contributed by atoms with Gasteiger partial charge in [0.1, 0.15) is 25.4 Å². The average molecular weight is 668 g/mol. The first-order valence-electron chi connectivity index (χ1n) is 17.4. The SMILES string of the molecule is CC(=O)OC[C@H]1OC(OC2CC[C@@]3(C)C(=CCC4C3CC[C@@]3(C)C4CC[C@@H]3/C(C)=N/OCc3cccc(Cl)c3)C2)C=C[C@@H]1OC(C)=O. The van der Waals surface area contributed by atoms with E-state index < -0.39 is 30.4 Å². The maximum Gasteiger partial charge on any atom is 0.303 e. The molecule has 3 fully saturated rings. The molecule has 0 amide bonds. The van der Waals surface area contributed by atoms with Gasteiger partial charge in [-0.25, -0.2) is 0 Å². The molecule has 1 aromatic rings. The lowest BCUT2D eigenvalue weighted by molar-refractivity contribution is -0.213. The highest BCUT2D eigenvalue weighted by Gasteiger charge is 2.59. The molecule has 0 aromatic heterocycles. The van der Waals surface area contributed by atoms with Crippen LogP contribution in [0.3, 0.4) is 0 Å². The summed E-state index contributed by atoms with van der Waals surface area (Å²) in [5.74, 6) is 1.68. The first-order chi connectivity index (χ1) is 22.5. The molecule has 10 atom stereocenters. The maximum atomic E-state index is 11.6. The van der Waals surface area contributed by atoms with Crippen LogP contribution in [-0.2, 0) is 40.0 Å². The Kier molecular flexibility index (Phi) is 10.2. The number of oxime groups is 1. The third kappa shape index (κ3) is 7.20. The first kappa shape index (κ1) is 34.2. The molecule has 0 saturated heterocycles. The van der Waals surface area contributed by atoms with E-state index in [9.17, 15) is 9.59 Å². The third-order valence-electron chi connectivity index (χ3n) is 12.1. The number of benzene rings is 1. The molecule has 6 rings (SSSR count). The monoisotopic (exact) mass is 667 g/mol. The molecule has 47 heavy (non-hydrogen) atoms. The van der Waals surface area contributed by atoms with Gasteiger partial charge in [0.05, 0.1) is 11.8 Å². The molecule has 0 radical (unpaired) electrons. The van der Waals surface area contributed by atoms with Gasteiger partial charge < -0.3 is 23.8 Å². The van der Waals surface area contributed by atoms with Crippen LogP contribution in [0.5, 0.6) is 0 Å². The number of fused-ring (bicyclic) bond motifs is 5. The molecule has 4 aliphatic carbocycles. The van der Waals surface area contributed by atoms with Gasteiger partial charge in [-0.3, -0.25) is 9.59 Å². The molecule has 1 aliphatic heterocycles. The third-order valence-corrected chi connectivity index (χ3v) is 12.3. The molecule has 5 aliphatic rings. The predicted octanol–water partition coefficient (Wildman–Crippen LogP) is 7.97. The number of hydrogen-bond acceptors (Lipinski definition) is 8. The van der Waals surface area contributed by atoms with Crippen molar-refractivity contribution in [2.45, 2.75) is 117 Å². The fraction of sp³-hybridized carbons (Fsp3) is 0.658. The van der Waals surface area contributed by atoms with Gasteiger partial charge in [0.2, 0.25) is 0 Å². The standard InChI is InChI=1S/C38H50ClNO7/c1-23(40-44-21-26-7-6-8-28(39)19-26)31-11-12-32-30-10-9-27-20-29(15-17-37(27,4)33(30)16-18-38(31,32)5)46-36-14-13-34(45-25(3)42)35(47-36)22-43-24(2)41/h6-9,13-14,19,29-36H,10-12,15-18,20-22H2,1-5H3/b40-23+/t29?,30?,31-,32?,33?,34+,35-,36?,37+,38-/m1/s1. The number of carbonyl (C=O) groups excluding carboxylic acids is 2. The number of carbonyl (C=O) groups is 2. The van der Waals surface area contributed by atoms with E-state index in [0.717, 1.165) is 37.0 Å². The second kappa shape index (κ2) is 14.0. The number of esters is 2. The number of rotatable bonds is 9. The highest BCUT2D eigenvalue weighted by Crippen LogP contribution is 2.66. The van der Waals surface area contributed by atoms with E-state index in [2.05, 4.69) is 32.0 Å². The van der Waals surface area contributed by atoms with Gasteiger partial charge in [0.15, 0.2) is 6.29 Å². The second-order valence-corrected chi connectivity index (χ2v) is 15.3. The van der Waals surface area contributed by atoms with Crippen molar-refractivity contribution in [3.63, 3.8) is 0 Å². The summed E-state index contributed by atoms with van der Waals surface area (Å²) >= 11 is 6.14. The van der Waals surface area contributed by atoms with E-state index in [-0.39, 0.29) is 23.5 Å². The number of allylic oxidation sites excluding steroid dienone is 1. The van der Waals surface area contributed by atoms with Crippen LogP contribution in [-0.4, -0.2) is 48.9 Å². The lowest BCUT2D eigenvalue weighted by Gasteiger charge is -2.58. The van der Waals surface area contributed by atoms with Crippen molar-refractivity contribution in [2.75, 3.05) is 6.61 Å². The van der Waals surface area contributed by atoms with Crippen molar-refractivity contribution in [1.29, 1.82) is 0 Å². The van der Waals surface area contributed by atoms with Crippen molar-refractivity contribution < 1.29 is 33.4 Å². The van der Waals surface area contributed by atoms with Crippen molar-refractivity contribution >= 4 is 29.3 Å². The summed E-state index contributed by atoms with van der Waals surface area (Å²) in [7, 11) is 0. The molecule has 9 heteroatoms. The lowest BCUT2D eigenvalue weighted by Crippen LogP contribution is -2.51. The Morgan fingerprint density at radius 2 is 1.85 bits per heavy atom. The Bertz CT molecular complexity index is 1420. The lowest BCUT2D eigenvalue weighted by atomic mass is 9.47. The summed E-state index contributed by atoms with van der Waals surface area (Å²) in [6, 6.07) is 7.76. The molecular formula is C38H50ClNO7. The highest BCUT2D eigenvalue weighted by atomic mass is 35.5. The number of hydrogen-bond donors (Lipinski definition) is 0. The molecule has 0 spiro atoms. The summed E-state index contributed by atoms with van der Waals surface area (Å²) in [5.41, 5.74) is 4.12. The Morgan fingerprint density at radius 3 is 2.62 bits per heavy atom. The van der Waals surface area contributed by atoms with Gasteiger partial charge in [-0.1, -0.05) is 54.4 Å². The van der Waals surface area contributed by atoms with Crippen LogP contribution < -0.4 is 0 Å². The smallest absolute Gasteiger partial charge is 0.303 e. The zero-order chi connectivity index (χ0) is 33.3. The van der Waals surface area contributed by atoms with Crippen LogP contribution in [0.25, 0.3) is 0 Å². The van der Waals surface area contributed by atoms with Gasteiger partial charge >= 0.3 is 11.9 Å². The van der Waals surface area contributed by atoms with E-state index in [1.54, 1.807) is 6.08 Å². The number of nitrogens with zero attached hydrogens (tertiary/aromatic N) is 1. The Hall–Kier alpha value is -2.68. The summed E-state index contributed by atoms with van der Waals surface area (Å²) in [5, 5.41) is 5.35. The van der Waals surface area contributed by atoms with Crippen molar-refractivity contribution in [2.24, 2.45) is 39.7 Å². The van der Waals surface area contributed by atoms with E-state index in [1.165, 1.54) is 45.1 Å². The molecule has 3 saturated carbocycles. The van der Waals surface area contributed by atoms with Crippen molar-refractivity contribution in [1.82, 2.24) is 0 Å². The summed E-state index contributed by atoms with van der Waals surface area (Å²) in [4.78, 5) is 28.9. The zero-order valence-corrected chi connectivity index (χ0v) is 29.2. The fourth-order valence-corrected chi connectivity index (χ4v) is 10.1. The summed E-state index contributed by atoms with van der Waals surface area (Å²) in [6.45, 7) is 10.3. The molecule has 1 aromatic carbocycles. The van der Waals surface area contributed by atoms with Crippen molar-refractivity contribution in [3.8, 4) is 0 Å². The van der Waals surface area contributed by atoms with Crippen molar-refractivity contribution in [3.05, 3.63) is 58.7 Å². The van der Waals surface area contributed by atoms with Crippen LogP contribution in [0.15, 0.2) is 53.2 Å². The van der Waals surface area contributed by atoms with E-state index >= 15 is 0 Å². The fourth-order valence-electron chi connectivity index (χ4n) is 9.86. The minimum atomic E-state index is -0.622. The highest BCUT2D eigenvalue weighted by molar-refractivity contribution is 6.30. The topological polar surface area (TPSA) is 92.7 Å². The zero-order valence-electron chi connectivity index (χ0n) is 28.4. The largest absolute Gasteiger partial charge is 0.463 e. The Labute approximate surface area is 284 Å². The maximum absolute atomic E-state index is 11.6. The van der Waals surface area contributed by atoms with Gasteiger partial charge in [-0.05, 0) is 117 Å².